The van der Waals surface area contributed by atoms with Crippen molar-refractivity contribution in [1.29, 1.82) is 0 Å². The van der Waals surface area contributed by atoms with E-state index in [-0.39, 0.29) is 11.8 Å². The van der Waals surface area contributed by atoms with E-state index in [1.807, 2.05) is 6.92 Å². The zero-order valence-electron chi connectivity index (χ0n) is 9.05. The summed E-state index contributed by atoms with van der Waals surface area (Å²) in [4.78, 5) is 16.9. The van der Waals surface area contributed by atoms with Gasteiger partial charge in [0.1, 0.15) is 0 Å². The standard InChI is InChI=1S/C10H14N2O3S/c1-7-5-12(3-2-4-15-7)10-11-8(6-16-10)9(13)14/h6-7H,2-5H2,1H3,(H,13,14). The Balaban J connectivity index is 2.12. The Labute approximate surface area is 97.7 Å². The van der Waals surface area contributed by atoms with Crippen LogP contribution in [0.3, 0.4) is 0 Å². The molecule has 1 fully saturated rings. The van der Waals surface area contributed by atoms with Crippen molar-refractivity contribution in [3.63, 3.8) is 0 Å². The molecule has 16 heavy (non-hydrogen) atoms. The van der Waals surface area contributed by atoms with Crippen molar-refractivity contribution < 1.29 is 14.6 Å². The predicted octanol–water partition coefficient (Wildman–Crippen LogP) is 1.46. The fraction of sp³-hybridized carbons (Fsp3) is 0.600. The number of carboxylic acids is 1. The lowest BCUT2D eigenvalue weighted by atomic mass is 10.4. The number of aromatic nitrogens is 1. The fourth-order valence-electron chi connectivity index (χ4n) is 1.68. The Morgan fingerprint density at radius 2 is 2.56 bits per heavy atom. The minimum atomic E-state index is -0.971. The SMILES string of the molecule is CC1CN(c2nc(C(=O)O)cs2)CCCO1. The highest BCUT2D eigenvalue weighted by molar-refractivity contribution is 7.13. The molecule has 5 nitrogen and oxygen atoms in total. The Kier molecular flexibility index (Phi) is 3.40. The quantitative estimate of drug-likeness (QED) is 0.850. The molecule has 0 bridgehead atoms. The Morgan fingerprint density at radius 3 is 3.25 bits per heavy atom. The molecular formula is C10H14N2O3S. The normalized spacial score (nSPS) is 21.8. The fourth-order valence-corrected chi connectivity index (χ4v) is 2.51. The van der Waals surface area contributed by atoms with E-state index in [1.54, 1.807) is 5.38 Å². The first-order chi connectivity index (χ1) is 7.66. The van der Waals surface area contributed by atoms with Crippen molar-refractivity contribution in [1.82, 2.24) is 4.98 Å². The second-order valence-electron chi connectivity index (χ2n) is 3.80. The lowest BCUT2D eigenvalue weighted by Crippen LogP contribution is -2.30. The molecule has 0 aliphatic carbocycles. The lowest BCUT2D eigenvalue weighted by Gasteiger charge is -2.20. The van der Waals surface area contributed by atoms with Crippen molar-refractivity contribution >= 4 is 22.4 Å². The van der Waals surface area contributed by atoms with Crippen molar-refractivity contribution in [2.24, 2.45) is 0 Å². The van der Waals surface area contributed by atoms with Gasteiger partial charge in [0, 0.05) is 25.1 Å². The van der Waals surface area contributed by atoms with Gasteiger partial charge in [-0.2, -0.15) is 0 Å². The van der Waals surface area contributed by atoms with Gasteiger partial charge in [-0.15, -0.1) is 11.3 Å². The second kappa shape index (κ2) is 4.80. The van der Waals surface area contributed by atoms with Crippen LogP contribution in [0.4, 0.5) is 5.13 Å². The third-order valence-corrected chi connectivity index (χ3v) is 3.34. The van der Waals surface area contributed by atoms with Crippen LogP contribution in [-0.4, -0.2) is 41.9 Å². The molecule has 1 aliphatic heterocycles. The first-order valence-corrected chi connectivity index (χ1v) is 6.10. The van der Waals surface area contributed by atoms with Gasteiger partial charge >= 0.3 is 5.97 Å². The molecule has 1 atom stereocenters. The molecular weight excluding hydrogens is 228 g/mol. The van der Waals surface area contributed by atoms with Gasteiger partial charge in [0.25, 0.3) is 0 Å². The van der Waals surface area contributed by atoms with Crippen LogP contribution in [0.25, 0.3) is 0 Å². The van der Waals surface area contributed by atoms with Gasteiger partial charge in [-0.25, -0.2) is 9.78 Å². The van der Waals surface area contributed by atoms with Gasteiger partial charge in [0.2, 0.25) is 0 Å². The zero-order chi connectivity index (χ0) is 11.5. The van der Waals surface area contributed by atoms with Gasteiger partial charge in [-0.1, -0.05) is 0 Å². The highest BCUT2D eigenvalue weighted by Gasteiger charge is 2.19. The van der Waals surface area contributed by atoms with E-state index in [1.165, 1.54) is 11.3 Å². The van der Waals surface area contributed by atoms with E-state index >= 15 is 0 Å². The number of aromatic carboxylic acids is 1. The highest BCUT2D eigenvalue weighted by atomic mass is 32.1. The van der Waals surface area contributed by atoms with Gasteiger partial charge in [-0.3, -0.25) is 0 Å². The molecule has 6 heteroatoms. The molecule has 1 unspecified atom stereocenters. The van der Waals surface area contributed by atoms with E-state index < -0.39 is 5.97 Å². The number of hydrogen-bond donors (Lipinski definition) is 1. The maximum Gasteiger partial charge on any atom is 0.355 e. The van der Waals surface area contributed by atoms with Crippen LogP contribution in [0.5, 0.6) is 0 Å². The average molecular weight is 242 g/mol. The summed E-state index contributed by atoms with van der Waals surface area (Å²) in [6, 6.07) is 0. The highest BCUT2D eigenvalue weighted by Crippen LogP contribution is 2.22. The molecule has 88 valence electrons. The molecule has 2 heterocycles. The third-order valence-electron chi connectivity index (χ3n) is 2.43. The third kappa shape index (κ3) is 2.51. The molecule has 0 amide bonds. The van der Waals surface area contributed by atoms with Gasteiger partial charge in [0.05, 0.1) is 6.10 Å². The van der Waals surface area contributed by atoms with Gasteiger partial charge in [0.15, 0.2) is 10.8 Å². The molecule has 1 aromatic heterocycles. The number of hydrogen-bond acceptors (Lipinski definition) is 5. The van der Waals surface area contributed by atoms with Crippen LogP contribution < -0.4 is 4.90 Å². The molecule has 0 spiro atoms. The van der Waals surface area contributed by atoms with E-state index in [0.717, 1.165) is 31.2 Å². The number of carboxylic acid groups (broad SMARTS) is 1. The first-order valence-electron chi connectivity index (χ1n) is 5.22. The van der Waals surface area contributed by atoms with E-state index in [0.29, 0.717) is 0 Å². The minimum absolute atomic E-state index is 0.123. The summed E-state index contributed by atoms with van der Waals surface area (Å²) in [6.45, 7) is 4.42. The Hall–Kier alpha value is -1.14. The van der Waals surface area contributed by atoms with Crippen LogP contribution in [0.2, 0.25) is 0 Å². The summed E-state index contributed by atoms with van der Waals surface area (Å²) in [5.41, 5.74) is 0.123. The van der Waals surface area contributed by atoms with Crippen molar-refractivity contribution in [3.8, 4) is 0 Å². The van der Waals surface area contributed by atoms with Gasteiger partial charge in [-0.05, 0) is 13.3 Å². The first kappa shape index (κ1) is 11.3. The second-order valence-corrected chi connectivity index (χ2v) is 4.64. The van der Waals surface area contributed by atoms with E-state index in [9.17, 15) is 4.79 Å². The van der Waals surface area contributed by atoms with E-state index in [2.05, 4.69) is 9.88 Å². The summed E-state index contributed by atoms with van der Waals surface area (Å²) in [5, 5.41) is 11.2. The number of carbonyl (C=O) groups is 1. The number of nitrogens with zero attached hydrogens (tertiary/aromatic N) is 2. The molecule has 2 rings (SSSR count). The van der Waals surface area contributed by atoms with Crippen LogP contribution in [0.15, 0.2) is 5.38 Å². The number of thiazole rings is 1. The molecule has 0 aromatic carbocycles. The zero-order valence-corrected chi connectivity index (χ0v) is 9.87. The topological polar surface area (TPSA) is 62.7 Å². The van der Waals surface area contributed by atoms with Crippen molar-refractivity contribution in [2.75, 3.05) is 24.6 Å². The summed E-state index contributed by atoms with van der Waals surface area (Å²) >= 11 is 1.37. The largest absolute Gasteiger partial charge is 0.476 e. The number of rotatable bonds is 2. The van der Waals surface area contributed by atoms with Crippen LogP contribution in [-0.2, 0) is 4.74 Å². The van der Waals surface area contributed by atoms with E-state index in [4.69, 9.17) is 9.84 Å². The number of anilines is 1. The molecule has 1 aliphatic rings. The summed E-state index contributed by atoms with van der Waals surface area (Å²) < 4.78 is 5.53. The minimum Gasteiger partial charge on any atom is -0.476 e. The number of ether oxygens (including phenoxy) is 1. The van der Waals surface area contributed by atoms with Crippen molar-refractivity contribution in [2.45, 2.75) is 19.4 Å². The maximum atomic E-state index is 10.7. The lowest BCUT2D eigenvalue weighted by molar-refractivity contribution is 0.0691. The molecule has 1 aromatic rings. The summed E-state index contributed by atoms with van der Waals surface area (Å²) in [5.74, 6) is -0.971. The smallest absolute Gasteiger partial charge is 0.355 e. The van der Waals surface area contributed by atoms with Gasteiger partial charge < -0.3 is 14.7 Å². The Morgan fingerprint density at radius 1 is 1.75 bits per heavy atom. The molecule has 0 saturated carbocycles. The Bertz CT molecular complexity index is 380. The van der Waals surface area contributed by atoms with Crippen LogP contribution in [0.1, 0.15) is 23.8 Å². The molecule has 1 saturated heterocycles. The average Bonchev–Trinajstić information content (AvgIpc) is 2.63. The summed E-state index contributed by atoms with van der Waals surface area (Å²) in [7, 11) is 0. The molecule has 1 N–H and O–H groups in total. The maximum absolute atomic E-state index is 10.7. The predicted molar refractivity (Wildman–Crippen MR) is 61.3 cm³/mol. The van der Waals surface area contributed by atoms with Crippen LogP contribution in [0, 0.1) is 0 Å². The van der Waals surface area contributed by atoms with Crippen LogP contribution >= 0.6 is 11.3 Å². The molecule has 0 radical (unpaired) electrons. The monoisotopic (exact) mass is 242 g/mol. The summed E-state index contributed by atoms with van der Waals surface area (Å²) in [6.07, 6.45) is 1.12. The van der Waals surface area contributed by atoms with Crippen molar-refractivity contribution in [3.05, 3.63) is 11.1 Å².